The summed E-state index contributed by atoms with van der Waals surface area (Å²) in [7, 11) is 0. The number of anilines is 1. The number of nitrogens with one attached hydrogen (secondary N) is 1. The molecule has 2 rings (SSSR count). The van der Waals surface area contributed by atoms with Gasteiger partial charge in [-0.1, -0.05) is 6.07 Å². The van der Waals surface area contributed by atoms with Crippen molar-refractivity contribution in [1.82, 2.24) is 4.90 Å². The molecule has 11 heteroatoms. The number of benzene rings is 1. The van der Waals surface area contributed by atoms with Crippen molar-refractivity contribution < 1.29 is 41.0 Å². The number of carbonyl (C=O) groups excluding carboxylic acids is 2. The summed E-state index contributed by atoms with van der Waals surface area (Å²) in [5.41, 5.74) is -1.35. The monoisotopic (exact) mass is 370 g/mol. The molecule has 0 bridgehead atoms. The number of aliphatic hydroxyl groups excluding tert-OH is 1. The van der Waals surface area contributed by atoms with Crippen molar-refractivity contribution in [2.75, 3.05) is 11.9 Å². The van der Waals surface area contributed by atoms with Gasteiger partial charge in [-0.2, -0.15) is 26.3 Å². The maximum Gasteiger partial charge on any atom is 0.471 e. The number of amides is 2. The molecule has 1 aromatic carbocycles. The van der Waals surface area contributed by atoms with Crippen molar-refractivity contribution in [3.8, 4) is 0 Å². The number of rotatable bonds is 2. The molecule has 5 nitrogen and oxygen atoms in total. The molecular formula is C14H12F6N2O3. The molecule has 0 unspecified atom stereocenters. The van der Waals surface area contributed by atoms with Crippen LogP contribution in [0.2, 0.25) is 0 Å². The highest BCUT2D eigenvalue weighted by Crippen LogP contribution is 2.31. The second kappa shape index (κ2) is 6.54. The van der Waals surface area contributed by atoms with Crippen LogP contribution in [-0.4, -0.2) is 46.7 Å². The average molecular weight is 370 g/mol. The van der Waals surface area contributed by atoms with Gasteiger partial charge in [-0.05, 0) is 18.2 Å². The molecule has 1 aliphatic heterocycles. The molecule has 138 valence electrons. The SMILES string of the molecule is O=C(Nc1cccc(C(F)(F)F)c1)[C@H]1C[C@H](O)CN1C(=O)C(F)(F)F. The van der Waals surface area contributed by atoms with E-state index in [9.17, 15) is 41.0 Å². The molecule has 0 spiro atoms. The lowest BCUT2D eigenvalue weighted by Crippen LogP contribution is -2.48. The van der Waals surface area contributed by atoms with E-state index >= 15 is 0 Å². The summed E-state index contributed by atoms with van der Waals surface area (Å²) in [5, 5.41) is 11.5. The van der Waals surface area contributed by atoms with E-state index in [1.54, 1.807) is 0 Å². The zero-order chi connectivity index (χ0) is 19.0. The molecule has 0 radical (unpaired) electrons. The van der Waals surface area contributed by atoms with Crippen molar-refractivity contribution >= 4 is 17.5 Å². The quantitative estimate of drug-likeness (QED) is 0.784. The van der Waals surface area contributed by atoms with Crippen molar-refractivity contribution in [1.29, 1.82) is 0 Å². The van der Waals surface area contributed by atoms with Crippen LogP contribution in [0.25, 0.3) is 0 Å². The Morgan fingerprint density at radius 2 is 1.80 bits per heavy atom. The van der Waals surface area contributed by atoms with Crippen molar-refractivity contribution in [3.05, 3.63) is 29.8 Å². The van der Waals surface area contributed by atoms with Gasteiger partial charge < -0.3 is 15.3 Å². The summed E-state index contributed by atoms with van der Waals surface area (Å²) in [5.74, 6) is -3.42. The molecule has 1 aliphatic rings. The molecule has 0 saturated carbocycles. The van der Waals surface area contributed by atoms with Crippen molar-refractivity contribution in [2.45, 2.75) is 30.9 Å². The Balaban J connectivity index is 2.18. The van der Waals surface area contributed by atoms with E-state index in [1.807, 2.05) is 5.32 Å². The highest BCUT2D eigenvalue weighted by Gasteiger charge is 2.49. The molecule has 1 saturated heterocycles. The Morgan fingerprint density at radius 3 is 2.36 bits per heavy atom. The number of halogens is 6. The minimum Gasteiger partial charge on any atom is -0.391 e. The summed E-state index contributed by atoms with van der Waals surface area (Å²) >= 11 is 0. The fourth-order valence-corrected chi connectivity index (χ4v) is 2.45. The normalized spacial score (nSPS) is 21.3. The Bertz CT molecular complexity index is 673. The molecule has 1 heterocycles. The summed E-state index contributed by atoms with van der Waals surface area (Å²) < 4.78 is 75.5. The third kappa shape index (κ3) is 4.41. The van der Waals surface area contributed by atoms with Gasteiger partial charge in [-0.25, -0.2) is 0 Å². The van der Waals surface area contributed by atoms with E-state index in [0.29, 0.717) is 6.07 Å². The molecular weight excluding hydrogens is 358 g/mol. The zero-order valence-electron chi connectivity index (χ0n) is 12.4. The fourth-order valence-electron chi connectivity index (χ4n) is 2.45. The Kier molecular flexibility index (Phi) is 4.98. The number of aliphatic hydroxyl groups is 1. The third-order valence-electron chi connectivity index (χ3n) is 3.54. The minimum atomic E-state index is -5.24. The second-order valence-electron chi connectivity index (χ2n) is 5.43. The van der Waals surface area contributed by atoms with E-state index in [0.717, 1.165) is 18.2 Å². The molecule has 1 fully saturated rings. The molecule has 0 aromatic heterocycles. The first-order valence-electron chi connectivity index (χ1n) is 6.93. The lowest BCUT2D eigenvalue weighted by Gasteiger charge is -2.24. The van der Waals surface area contributed by atoms with E-state index < -0.39 is 54.8 Å². The second-order valence-corrected chi connectivity index (χ2v) is 5.43. The van der Waals surface area contributed by atoms with E-state index in [-0.39, 0.29) is 10.6 Å². The Labute approximate surface area is 137 Å². The van der Waals surface area contributed by atoms with Crippen LogP contribution in [0, 0.1) is 0 Å². The first-order chi connectivity index (χ1) is 11.4. The minimum absolute atomic E-state index is 0.160. The van der Waals surface area contributed by atoms with Gasteiger partial charge in [0.2, 0.25) is 5.91 Å². The van der Waals surface area contributed by atoms with Gasteiger partial charge >= 0.3 is 18.3 Å². The van der Waals surface area contributed by atoms with Crippen LogP contribution in [0.1, 0.15) is 12.0 Å². The van der Waals surface area contributed by atoms with Gasteiger partial charge in [0, 0.05) is 18.7 Å². The van der Waals surface area contributed by atoms with E-state index in [2.05, 4.69) is 0 Å². The molecule has 1 aromatic rings. The standard InChI is InChI=1S/C14H12F6N2O3/c15-13(16,17)7-2-1-3-8(4-7)21-11(24)10-5-9(23)6-22(10)12(25)14(18,19)20/h1-4,9-10,23H,5-6H2,(H,21,24)/t9-,10+/m0/s1. The van der Waals surface area contributed by atoms with Crippen molar-refractivity contribution in [3.63, 3.8) is 0 Å². The maximum absolute atomic E-state index is 12.6. The van der Waals surface area contributed by atoms with Crippen LogP contribution in [0.15, 0.2) is 24.3 Å². The third-order valence-corrected chi connectivity index (χ3v) is 3.54. The van der Waals surface area contributed by atoms with Crippen LogP contribution in [0.3, 0.4) is 0 Å². The van der Waals surface area contributed by atoms with Crippen LogP contribution >= 0.6 is 0 Å². The summed E-state index contributed by atoms with van der Waals surface area (Å²) in [6.45, 7) is -0.695. The van der Waals surface area contributed by atoms with Crippen LogP contribution in [0.5, 0.6) is 0 Å². The summed E-state index contributed by atoms with van der Waals surface area (Å²) in [6.07, 6.45) is -11.7. The number of hydrogen-bond donors (Lipinski definition) is 2. The number of hydrogen-bond acceptors (Lipinski definition) is 3. The number of β-amino-alcohol motifs (C(OH)–C–C–N with tert-alkyl or cyclic N) is 1. The predicted octanol–water partition coefficient (Wildman–Crippen LogP) is 2.17. The van der Waals surface area contributed by atoms with Crippen LogP contribution in [-0.2, 0) is 15.8 Å². The smallest absolute Gasteiger partial charge is 0.391 e. The molecule has 2 atom stereocenters. The maximum atomic E-state index is 12.6. The first kappa shape index (κ1) is 19.0. The highest BCUT2D eigenvalue weighted by molar-refractivity contribution is 5.98. The van der Waals surface area contributed by atoms with Gasteiger partial charge in [0.05, 0.1) is 11.7 Å². The average Bonchev–Trinajstić information content (AvgIpc) is 2.87. The molecule has 25 heavy (non-hydrogen) atoms. The fraction of sp³-hybridized carbons (Fsp3) is 0.429. The first-order valence-corrected chi connectivity index (χ1v) is 6.93. The Hall–Kier alpha value is -2.30. The van der Waals surface area contributed by atoms with Gasteiger partial charge in [-0.15, -0.1) is 0 Å². The largest absolute Gasteiger partial charge is 0.471 e. The lowest BCUT2D eigenvalue weighted by molar-refractivity contribution is -0.186. The highest BCUT2D eigenvalue weighted by atomic mass is 19.4. The predicted molar refractivity (Wildman–Crippen MR) is 72.3 cm³/mol. The molecule has 2 amide bonds. The van der Waals surface area contributed by atoms with Gasteiger partial charge in [0.15, 0.2) is 0 Å². The van der Waals surface area contributed by atoms with E-state index in [1.165, 1.54) is 0 Å². The van der Waals surface area contributed by atoms with E-state index in [4.69, 9.17) is 0 Å². The van der Waals surface area contributed by atoms with Gasteiger partial charge in [0.1, 0.15) is 6.04 Å². The lowest BCUT2D eigenvalue weighted by atomic mass is 10.1. The Morgan fingerprint density at radius 1 is 1.16 bits per heavy atom. The van der Waals surface area contributed by atoms with Crippen LogP contribution in [0.4, 0.5) is 32.0 Å². The molecule has 2 N–H and O–H groups in total. The molecule has 0 aliphatic carbocycles. The number of carbonyl (C=O) groups is 2. The van der Waals surface area contributed by atoms with Crippen molar-refractivity contribution in [2.24, 2.45) is 0 Å². The zero-order valence-corrected chi connectivity index (χ0v) is 12.4. The number of alkyl halides is 6. The van der Waals surface area contributed by atoms with Gasteiger partial charge in [0.25, 0.3) is 0 Å². The summed E-state index contributed by atoms with van der Waals surface area (Å²) in [4.78, 5) is 23.6. The van der Waals surface area contributed by atoms with Gasteiger partial charge in [-0.3, -0.25) is 9.59 Å². The van der Waals surface area contributed by atoms with Crippen LogP contribution < -0.4 is 5.32 Å². The topological polar surface area (TPSA) is 69.6 Å². The number of nitrogens with zero attached hydrogens (tertiary/aromatic N) is 1. The number of likely N-dealkylation sites (tertiary alicyclic amines) is 1. The summed E-state index contributed by atoms with van der Waals surface area (Å²) in [6, 6.07) is 1.86.